The molecule has 1 aliphatic carbocycles. The van der Waals surface area contributed by atoms with E-state index in [-0.39, 0.29) is 5.54 Å². The minimum absolute atomic E-state index is 0.140. The van der Waals surface area contributed by atoms with E-state index in [0.717, 1.165) is 37.7 Å². The van der Waals surface area contributed by atoms with E-state index in [0.29, 0.717) is 0 Å². The van der Waals surface area contributed by atoms with Gasteiger partial charge in [0.15, 0.2) is 0 Å². The van der Waals surface area contributed by atoms with Gasteiger partial charge < -0.3 is 5.32 Å². The number of alkyl halides is 3. The molecule has 1 aliphatic heterocycles. The molecule has 1 heterocycles. The normalized spacial score (nSPS) is 27.8. The van der Waals surface area contributed by atoms with Crippen molar-refractivity contribution in [2.75, 3.05) is 19.6 Å². The van der Waals surface area contributed by atoms with E-state index >= 15 is 0 Å². The van der Waals surface area contributed by atoms with Crippen LogP contribution in [0.2, 0.25) is 0 Å². The quantitative estimate of drug-likeness (QED) is 0.921. The van der Waals surface area contributed by atoms with Crippen LogP contribution in [-0.4, -0.2) is 30.1 Å². The van der Waals surface area contributed by atoms with Gasteiger partial charge in [-0.15, -0.1) is 0 Å². The molecule has 21 heavy (non-hydrogen) atoms. The minimum atomic E-state index is -4.25. The van der Waals surface area contributed by atoms with Gasteiger partial charge in [0.05, 0.1) is 5.56 Å². The lowest BCUT2D eigenvalue weighted by Gasteiger charge is -2.46. The first kappa shape index (κ1) is 14.9. The summed E-state index contributed by atoms with van der Waals surface area (Å²) in [5.74, 6) is 0.722. The van der Waals surface area contributed by atoms with E-state index in [1.165, 1.54) is 25.0 Å². The molecule has 1 aromatic carbocycles. The Hall–Kier alpha value is -1.07. The average Bonchev–Trinajstić information content (AvgIpc) is 3.26. The molecule has 3 rings (SSSR count). The molecule has 1 saturated heterocycles. The number of piperazine rings is 1. The van der Waals surface area contributed by atoms with Crippen LogP contribution in [0.15, 0.2) is 24.3 Å². The van der Waals surface area contributed by atoms with E-state index in [2.05, 4.69) is 17.1 Å². The van der Waals surface area contributed by atoms with Crippen molar-refractivity contribution >= 4 is 0 Å². The Balaban J connectivity index is 1.73. The molecular weight excluding hydrogens is 277 g/mol. The van der Waals surface area contributed by atoms with Crippen LogP contribution in [-0.2, 0) is 12.7 Å². The Bertz CT molecular complexity index is 493. The fraction of sp³-hybridized carbons (Fsp3) is 0.625. The van der Waals surface area contributed by atoms with Crippen LogP contribution >= 0.6 is 0 Å². The molecule has 1 N–H and O–H groups in total. The van der Waals surface area contributed by atoms with E-state index in [1.54, 1.807) is 12.1 Å². The number of rotatable bonds is 3. The fourth-order valence-electron chi connectivity index (χ4n) is 3.31. The van der Waals surface area contributed by atoms with Crippen LogP contribution in [0.3, 0.4) is 0 Å². The summed E-state index contributed by atoms with van der Waals surface area (Å²) >= 11 is 0. The minimum Gasteiger partial charge on any atom is -0.314 e. The molecule has 1 unspecified atom stereocenters. The number of halogens is 3. The molecule has 0 spiro atoms. The van der Waals surface area contributed by atoms with Gasteiger partial charge in [0.1, 0.15) is 0 Å². The maximum Gasteiger partial charge on any atom is 0.416 e. The predicted molar refractivity (Wildman–Crippen MR) is 75.9 cm³/mol. The zero-order valence-corrected chi connectivity index (χ0v) is 12.2. The molecule has 0 bridgehead atoms. The Morgan fingerprint density at radius 2 is 1.90 bits per heavy atom. The van der Waals surface area contributed by atoms with Crippen molar-refractivity contribution in [3.63, 3.8) is 0 Å². The van der Waals surface area contributed by atoms with Gasteiger partial charge in [-0.2, -0.15) is 13.2 Å². The summed E-state index contributed by atoms with van der Waals surface area (Å²) in [7, 11) is 0. The average molecular weight is 298 g/mol. The molecule has 0 aromatic heterocycles. The van der Waals surface area contributed by atoms with E-state index in [9.17, 15) is 13.2 Å². The van der Waals surface area contributed by atoms with Gasteiger partial charge in [-0.05, 0) is 43.4 Å². The van der Waals surface area contributed by atoms with Gasteiger partial charge in [0, 0.05) is 31.7 Å². The third-order valence-corrected chi connectivity index (χ3v) is 4.88. The number of nitrogens with one attached hydrogen (secondary N) is 1. The smallest absolute Gasteiger partial charge is 0.314 e. The van der Waals surface area contributed by atoms with E-state index in [1.807, 2.05) is 0 Å². The molecule has 0 radical (unpaired) electrons. The van der Waals surface area contributed by atoms with E-state index in [4.69, 9.17) is 0 Å². The summed E-state index contributed by atoms with van der Waals surface area (Å²) in [6, 6.07) is 5.59. The van der Waals surface area contributed by atoms with Gasteiger partial charge in [0.25, 0.3) is 0 Å². The maximum atomic E-state index is 12.6. The Morgan fingerprint density at radius 3 is 2.48 bits per heavy atom. The van der Waals surface area contributed by atoms with Crippen molar-refractivity contribution in [3.8, 4) is 0 Å². The third-order valence-electron chi connectivity index (χ3n) is 4.88. The number of hydrogen-bond donors (Lipinski definition) is 1. The molecule has 1 aromatic rings. The van der Waals surface area contributed by atoms with Crippen LogP contribution in [0.25, 0.3) is 0 Å². The van der Waals surface area contributed by atoms with Crippen LogP contribution in [0.4, 0.5) is 13.2 Å². The van der Waals surface area contributed by atoms with Crippen LogP contribution < -0.4 is 5.32 Å². The molecule has 116 valence electrons. The van der Waals surface area contributed by atoms with Crippen molar-refractivity contribution in [2.24, 2.45) is 5.92 Å². The third kappa shape index (κ3) is 3.09. The Labute approximate surface area is 123 Å². The lowest BCUT2D eigenvalue weighted by Crippen LogP contribution is -2.60. The second kappa shape index (κ2) is 5.29. The number of nitrogens with zero attached hydrogens (tertiary/aromatic N) is 1. The largest absolute Gasteiger partial charge is 0.416 e. The molecule has 2 aliphatic rings. The lowest BCUT2D eigenvalue weighted by atomic mass is 9.90. The summed E-state index contributed by atoms with van der Waals surface area (Å²) < 4.78 is 37.8. The SMILES string of the molecule is CC1(C2CC2)CNCCN1Cc1ccc(C(F)(F)F)cc1. The molecule has 1 atom stereocenters. The van der Waals surface area contributed by atoms with Gasteiger partial charge in [-0.3, -0.25) is 4.90 Å². The first-order valence-electron chi connectivity index (χ1n) is 7.51. The molecular formula is C16H21F3N2. The van der Waals surface area contributed by atoms with Crippen molar-refractivity contribution in [1.82, 2.24) is 10.2 Å². The fourth-order valence-corrected chi connectivity index (χ4v) is 3.31. The molecule has 5 heteroatoms. The van der Waals surface area contributed by atoms with E-state index < -0.39 is 11.7 Å². The standard InChI is InChI=1S/C16H21F3N2/c1-15(13-6-7-13)11-20-8-9-21(15)10-12-2-4-14(5-3-12)16(17,18)19/h2-5,13,20H,6-11H2,1H3. The van der Waals surface area contributed by atoms with Crippen molar-refractivity contribution in [2.45, 2.75) is 38.0 Å². The molecule has 2 nitrogen and oxygen atoms in total. The molecule has 2 fully saturated rings. The summed E-state index contributed by atoms with van der Waals surface area (Å²) in [6.07, 6.45) is -1.72. The van der Waals surface area contributed by atoms with Gasteiger partial charge in [-0.1, -0.05) is 12.1 Å². The van der Waals surface area contributed by atoms with Gasteiger partial charge >= 0.3 is 6.18 Å². The summed E-state index contributed by atoms with van der Waals surface area (Å²) in [4.78, 5) is 2.43. The number of hydrogen-bond acceptors (Lipinski definition) is 2. The number of benzene rings is 1. The highest BCUT2D eigenvalue weighted by atomic mass is 19.4. The highest BCUT2D eigenvalue weighted by molar-refractivity contribution is 5.25. The van der Waals surface area contributed by atoms with Crippen LogP contribution in [0.5, 0.6) is 0 Å². The van der Waals surface area contributed by atoms with Crippen LogP contribution in [0, 0.1) is 5.92 Å². The summed E-state index contributed by atoms with van der Waals surface area (Å²) in [5, 5.41) is 3.45. The van der Waals surface area contributed by atoms with Crippen LogP contribution in [0.1, 0.15) is 30.9 Å². The summed E-state index contributed by atoms with van der Waals surface area (Å²) in [6.45, 7) is 5.88. The highest BCUT2D eigenvalue weighted by Gasteiger charge is 2.46. The van der Waals surface area contributed by atoms with Gasteiger partial charge in [0.2, 0.25) is 0 Å². The second-order valence-electron chi connectivity index (χ2n) is 6.42. The van der Waals surface area contributed by atoms with Crippen molar-refractivity contribution in [3.05, 3.63) is 35.4 Å². The van der Waals surface area contributed by atoms with Crippen molar-refractivity contribution in [1.29, 1.82) is 0 Å². The predicted octanol–water partition coefficient (Wildman–Crippen LogP) is 3.28. The zero-order valence-electron chi connectivity index (χ0n) is 12.2. The summed E-state index contributed by atoms with van der Waals surface area (Å²) in [5.41, 5.74) is 0.523. The van der Waals surface area contributed by atoms with Gasteiger partial charge in [-0.25, -0.2) is 0 Å². The first-order chi connectivity index (χ1) is 9.89. The molecule has 1 saturated carbocycles. The maximum absolute atomic E-state index is 12.6. The molecule has 0 amide bonds. The highest BCUT2D eigenvalue weighted by Crippen LogP contribution is 2.44. The second-order valence-corrected chi connectivity index (χ2v) is 6.42. The first-order valence-corrected chi connectivity index (χ1v) is 7.51. The topological polar surface area (TPSA) is 15.3 Å². The zero-order chi connectivity index (χ0) is 15.1. The lowest BCUT2D eigenvalue weighted by molar-refractivity contribution is -0.137. The monoisotopic (exact) mass is 298 g/mol. The van der Waals surface area contributed by atoms with Crippen molar-refractivity contribution < 1.29 is 13.2 Å². The Kier molecular flexibility index (Phi) is 3.74. The Morgan fingerprint density at radius 1 is 1.24 bits per heavy atom.